The predicted octanol–water partition coefficient (Wildman–Crippen LogP) is 0.257. The number of carboxylic acid groups (broad SMARTS) is 1. The number of aromatic nitrogens is 2. The van der Waals surface area contributed by atoms with E-state index in [0.717, 1.165) is 0 Å². The molecule has 6 nitrogen and oxygen atoms in total. The number of aromatic carboxylic acids is 1. The minimum atomic E-state index is -1.20. The SMILES string of the molecule is CC(C)NC(=O)c1cn(C)nc1C(=O)O. The molecular formula is C9H13N3O3. The van der Waals surface area contributed by atoms with Crippen molar-refractivity contribution < 1.29 is 14.7 Å². The van der Waals surface area contributed by atoms with Gasteiger partial charge in [-0.3, -0.25) is 9.48 Å². The van der Waals surface area contributed by atoms with Gasteiger partial charge in [-0.15, -0.1) is 0 Å². The Kier molecular flexibility index (Phi) is 3.08. The standard InChI is InChI=1S/C9H13N3O3/c1-5(2)10-8(13)6-4-12(3)11-7(6)9(14)15/h4-5H,1-3H3,(H,10,13)(H,14,15). The first kappa shape index (κ1) is 11.2. The van der Waals surface area contributed by atoms with Crippen molar-refractivity contribution in [2.24, 2.45) is 7.05 Å². The largest absolute Gasteiger partial charge is 0.476 e. The van der Waals surface area contributed by atoms with Gasteiger partial charge in [-0.25, -0.2) is 4.79 Å². The zero-order valence-electron chi connectivity index (χ0n) is 8.81. The molecular weight excluding hydrogens is 198 g/mol. The number of rotatable bonds is 3. The van der Waals surface area contributed by atoms with E-state index in [2.05, 4.69) is 10.4 Å². The van der Waals surface area contributed by atoms with Crippen LogP contribution in [0.5, 0.6) is 0 Å². The van der Waals surface area contributed by atoms with Crippen LogP contribution in [0.4, 0.5) is 0 Å². The second-order valence-corrected chi connectivity index (χ2v) is 3.50. The number of nitrogens with one attached hydrogen (secondary N) is 1. The van der Waals surface area contributed by atoms with Crippen molar-refractivity contribution in [2.75, 3.05) is 0 Å². The zero-order valence-corrected chi connectivity index (χ0v) is 8.81. The maximum atomic E-state index is 11.6. The minimum absolute atomic E-state index is 0.0423. The van der Waals surface area contributed by atoms with Crippen LogP contribution in [0, 0.1) is 0 Å². The maximum absolute atomic E-state index is 11.6. The van der Waals surface area contributed by atoms with E-state index in [0.29, 0.717) is 0 Å². The molecule has 1 aromatic rings. The van der Waals surface area contributed by atoms with Crippen LogP contribution < -0.4 is 5.32 Å². The molecule has 82 valence electrons. The fourth-order valence-electron chi connectivity index (χ4n) is 1.15. The number of carbonyl (C=O) groups is 2. The van der Waals surface area contributed by atoms with Gasteiger partial charge < -0.3 is 10.4 Å². The van der Waals surface area contributed by atoms with Crippen molar-refractivity contribution in [1.29, 1.82) is 0 Å². The van der Waals surface area contributed by atoms with Crippen molar-refractivity contribution in [3.8, 4) is 0 Å². The first-order chi connectivity index (χ1) is 6.91. The average molecular weight is 211 g/mol. The highest BCUT2D eigenvalue weighted by atomic mass is 16.4. The monoisotopic (exact) mass is 211 g/mol. The molecule has 2 N–H and O–H groups in total. The first-order valence-electron chi connectivity index (χ1n) is 4.49. The van der Waals surface area contributed by atoms with E-state index in [-0.39, 0.29) is 17.3 Å². The molecule has 0 aliphatic carbocycles. The second-order valence-electron chi connectivity index (χ2n) is 3.50. The van der Waals surface area contributed by atoms with Crippen LogP contribution in [0.25, 0.3) is 0 Å². The van der Waals surface area contributed by atoms with Gasteiger partial charge >= 0.3 is 5.97 Å². The number of carboxylic acids is 1. The molecule has 1 rings (SSSR count). The van der Waals surface area contributed by atoms with E-state index in [1.54, 1.807) is 20.9 Å². The van der Waals surface area contributed by atoms with Crippen molar-refractivity contribution in [3.05, 3.63) is 17.5 Å². The Balaban J connectivity index is 3.02. The van der Waals surface area contributed by atoms with Gasteiger partial charge in [0.05, 0.1) is 5.56 Å². The summed E-state index contributed by atoms with van der Waals surface area (Å²) >= 11 is 0. The summed E-state index contributed by atoms with van der Waals surface area (Å²) in [5.41, 5.74) is -0.144. The smallest absolute Gasteiger partial charge is 0.357 e. The van der Waals surface area contributed by atoms with Gasteiger partial charge in [0, 0.05) is 19.3 Å². The lowest BCUT2D eigenvalue weighted by Gasteiger charge is -2.06. The number of hydrogen-bond acceptors (Lipinski definition) is 3. The van der Waals surface area contributed by atoms with Crippen LogP contribution in [-0.2, 0) is 7.05 Å². The highest BCUT2D eigenvalue weighted by Crippen LogP contribution is 2.06. The zero-order chi connectivity index (χ0) is 11.6. The van der Waals surface area contributed by atoms with Crippen LogP contribution in [0.3, 0.4) is 0 Å². The quantitative estimate of drug-likeness (QED) is 0.750. The lowest BCUT2D eigenvalue weighted by molar-refractivity contribution is 0.0683. The van der Waals surface area contributed by atoms with Gasteiger partial charge in [0.25, 0.3) is 5.91 Å². The van der Waals surface area contributed by atoms with Gasteiger partial charge in [0.15, 0.2) is 5.69 Å². The van der Waals surface area contributed by atoms with E-state index in [1.807, 2.05) is 0 Å². The van der Waals surface area contributed by atoms with Gasteiger partial charge in [-0.05, 0) is 13.8 Å². The average Bonchev–Trinajstić information content (AvgIpc) is 2.46. The lowest BCUT2D eigenvalue weighted by Crippen LogP contribution is -2.30. The molecule has 0 atom stereocenters. The number of nitrogens with zero attached hydrogens (tertiary/aromatic N) is 2. The molecule has 15 heavy (non-hydrogen) atoms. The Morgan fingerprint density at radius 2 is 2.13 bits per heavy atom. The normalized spacial score (nSPS) is 10.4. The third-order valence-corrected chi connectivity index (χ3v) is 1.70. The van der Waals surface area contributed by atoms with Crippen LogP contribution in [0.15, 0.2) is 6.20 Å². The Morgan fingerprint density at radius 1 is 1.53 bits per heavy atom. The first-order valence-corrected chi connectivity index (χ1v) is 4.49. The Bertz CT molecular complexity index is 395. The molecule has 0 aliphatic heterocycles. The Hall–Kier alpha value is -1.85. The van der Waals surface area contributed by atoms with E-state index in [9.17, 15) is 9.59 Å². The molecule has 0 unspecified atom stereocenters. The van der Waals surface area contributed by atoms with Crippen molar-refractivity contribution in [3.63, 3.8) is 0 Å². The number of aryl methyl sites for hydroxylation is 1. The molecule has 1 heterocycles. The minimum Gasteiger partial charge on any atom is -0.476 e. The van der Waals surface area contributed by atoms with E-state index < -0.39 is 11.9 Å². The van der Waals surface area contributed by atoms with Gasteiger partial charge in [0.1, 0.15) is 0 Å². The Labute approximate surface area is 86.9 Å². The van der Waals surface area contributed by atoms with Crippen molar-refractivity contribution >= 4 is 11.9 Å². The third-order valence-electron chi connectivity index (χ3n) is 1.70. The highest BCUT2D eigenvalue weighted by Gasteiger charge is 2.20. The van der Waals surface area contributed by atoms with Gasteiger partial charge in [-0.2, -0.15) is 5.10 Å². The molecule has 0 saturated heterocycles. The van der Waals surface area contributed by atoms with Crippen molar-refractivity contribution in [2.45, 2.75) is 19.9 Å². The van der Waals surface area contributed by atoms with Crippen LogP contribution in [0.1, 0.15) is 34.7 Å². The summed E-state index contributed by atoms with van der Waals surface area (Å²) < 4.78 is 1.30. The summed E-state index contributed by atoms with van der Waals surface area (Å²) in [7, 11) is 1.57. The molecule has 0 aliphatic rings. The number of carbonyl (C=O) groups excluding carboxylic acids is 1. The third kappa shape index (κ3) is 2.55. The van der Waals surface area contributed by atoms with Gasteiger partial charge in [0.2, 0.25) is 0 Å². The summed E-state index contributed by atoms with van der Waals surface area (Å²) in [6.07, 6.45) is 1.39. The molecule has 1 aromatic heterocycles. The fraction of sp³-hybridized carbons (Fsp3) is 0.444. The molecule has 0 fully saturated rings. The van der Waals surface area contributed by atoms with E-state index in [4.69, 9.17) is 5.11 Å². The molecule has 0 spiro atoms. The number of hydrogen-bond donors (Lipinski definition) is 2. The topological polar surface area (TPSA) is 84.2 Å². The maximum Gasteiger partial charge on any atom is 0.357 e. The lowest BCUT2D eigenvalue weighted by atomic mass is 10.2. The summed E-state index contributed by atoms with van der Waals surface area (Å²) in [6, 6.07) is -0.0423. The summed E-state index contributed by atoms with van der Waals surface area (Å²) in [5.74, 6) is -1.62. The van der Waals surface area contributed by atoms with Crippen LogP contribution in [0.2, 0.25) is 0 Å². The fourth-order valence-corrected chi connectivity index (χ4v) is 1.15. The van der Waals surface area contributed by atoms with Crippen LogP contribution >= 0.6 is 0 Å². The molecule has 6 heteroatoms. The summed E-state index contributed by atoms with van der Waals surface area (Å²) in [4.78, 5) is 22.3. The highest BCUT2D eigenvalue weighted by molar-refractivity contribution is 6.03. The van der Waals surface area contributed by atoms with Crippen LogP contribution in [-0.4, -0.2) is 32.8 Å². The van der Waals surface area contributed by atoms with E-state index >= 15 is 0 Å². The molecule has 1 amide bonds. The second kappa shape index (κ2) is 4.12. The van der Waals surface area contributed by atoms with Crippen molar-refractivity contribution in [1.82, 2.24) is 15.1 Å². The molecule has 0 saturated carbocycles. The summed E-state index contributed by atoms with van der Waals surface area (Å²) in [5, 5.41) is 15.1. The molecule has 0 radical (unpaired) electrons. The Morgan fingerprint density at radius 3 is 2.60 bits per heavy atom. The van der Waals surface area contributed by atoms with E-state index in [1.165, 1.54) is 10.9 Å². The van der Waals surface area contributed by atoms with Gasteiger partial charge in [-0.1, -0.05) is 0 Å². The molecule has 0 bridgehead atoms. The predicted molar refractivity (Wildman–Crippen MR) is 52.8 cm³/mol. The molecule has 0 aromatic carbocycles. The summed E-state index contributed by atoms with van der Waals surface area (Å²) in [6.45, 7) is 3.60. The number of amides is 1.